The molecule has 0 aromatic rings. The van der Waals surface area contributed by atoms with Crippen LogP contribution in [0.3, 0.4) is 0 Å². The van der Waals surface area contributed by atoms with Gasteiger partial charge in [-0.3, -0.25) is 0 Å². The molecule has 2 rings (SSSR count). The van der Waals surface area contributed by atoms with Gasteiger partial charge in [0.05, 0.1) is 6.10 Å². The van der Waals surface area contributed by atoms with Crippen LogP contribution in [0.2, 0.25) is 0 Å². The van der Waals surface area contributed by atoms with Gasteiger partial charge in [-0.25, -0.2) is 0 Å². The first kappa shape index (κ1) is 9.51. The average Bonchev–Trinajstić information content (AvgIpc) is 2.07. The van der Waals surface area contributed by atoms with Crippen LogP contribution in [-0.2, 0) is 0 Å². The second-order valence-electron chi connectivity index (χ2n) is 5.34. The molecule has 1 nitrogen and oxygen atoms in total. The van der Waals surface area contributed by atoms with Crippen molar-refractivity contribution in [2.75, 3.05) is 0 Å². The lowest BCUT2D eigenvalue weighted by atomic mass is 9.61. The van der Waals surface area contributed by atoms with Gasteiger partial charge >= 0.3 is 0 Å². The minimum atomic E-state index is -0.00296. The van der Waals surface area contributed by atoms with E-state index in [4.69, 9.17) is 0 Å². The molecule has 2 aliphatic rings. The van der Waals surface area contributed by atoms with Gasteiger partial charge < -0.3 is 5.11 Å². The molecule has 13 heavy (non-hydrogen) atoms. The molecule has 1 heteroatoms. The maximum absolute atomic E-state index is 9.74. The van der Waals surface area contributed by atoms with Crippen LogP contribution in [0.1, 0.15) is 46.0 Å². The first-order valence-corrected chi connectivity index (χ1v) is 5.86. The fourth-order valence-corrected chi connectivity index (χ4v) is 3.65. The third-order valence-corrected chi connectivity index (χ3v) is 4.40. The zero-order valence-electron chi connectivity index (χ0n) is 8.87. The predicted molar refractivity (Wildman–Crippen MR) is 54.4 cm³/mol. The third-order valence-electron chi connectivity index (χ3n) is 4.40. The lowest BCUT2D eigenvalue weighted by Crippen LogP contribution is -2.39. The summed E-state index contributed by atoms with van der Waals surface area (Å²) in [6, 6.07) is 0. The highest BCUT2D eigenvalue weighted by Gasteiger charge is 2.39. The molecule has 2 aliphatic carbocycles. The molecular weight excluding hydrogens is 160 g/mol. The molecule has 1 N–H and O–H groups in total. The summed E-state index contributed by atoms with van der Waals surface area (Å²) < 4.78 is 0. The van der Waals surface area contributed by atoms with Gasteiger partial charge in [0.15, 0.2) is 0 Å². The number of aliphatic hydroxyl groups is 1. The molecule has 0 aliphatic heterocycles. The van der Waals surface area contributed by atoms with Crippen molar-refractivity contribution < 1.29 is 5.11 Å². The molecule has 0 amide bonds. The van der Waals surface area contributed by atoms with E-state index in [1.165, 1.54) is 19.3 Å². The molecule has 5 atom stereocenters. The summed E-state index contributed by atoms with van der Waals surface area (Å²) in [5.74, 6) is 3.37. The van der Waals surface area contributed by atoms with E-state index in [2.05, 4.69) is 13.8 Å². The molecule has 2 fully saturated rings. The Bertz CT molecular complexity index is 178. The van der Waals surface area contributed by atoms with Crippen LogP contribution in [0.25, 0.3) is 0 Å². The van der Waals surface area contributed by atoms with Crippen molar-refractivity contribution >= 4 is 0 Å². The molecular formula is C12H22O. The van der Waals surface area contributed by atoms with Gasteiger partial charge in [0.2, 0.25) is 0 Å². The molecule has 0 radical (unpaired) electrons. The summed E-state index contributed by atoms with van der Waals surface area (Å²) in [7, 11) is 0. The summed E-state index contributed by atoms with van der Waals surface area (Å²) in [5, 5.41) is 9.74. The Balaban J connectivity index is 2.08. The largest absolute Gasteiger partial charge is 0.393 e. The van der Waals surface area contributed by atoms with Crippen molar-refractivity contribution in [2.45, 2.75) is 52.1 Å². The van der Waals surface area contributed by atoms with Gasteiger partial charge in [-0.15, -0.1) is 0 Å². The van der Waals surface area contributed by atoms with Gasteiger partial charge in [-0.2, -0.15) is 0 Å². The number of hydrogen-bond acceptors (Lipinski definition) is 1. The lowest BCUT2D eigenvalue weighted by Gasteiger charge is -2.45. The van der Waals surface area contributed by atoms with E-state index in [-0.39, 0.29) is 6.10 Å². The Hall–Kier alpha value is -0.0400. The van der Waals surface area contributed by atoms with Crippen molar-refractivity contribution in [3.8, 4) is 0 Å². The van der Waals surface area contributed by atoms with Crippen LogP contribution in [0.4, 0.5) is 0 Å². The number of fused-ring (bicyclic) bond motifs is 1. The molecule has 76 valence electrons. The zero-order chi connectivity index (χ0) is 9.42. The smallest absolute Gasteiger partial charge is 0.0545 e. The zero-order valence-corrected chi connectivity index (χ0v) is 8.87. The van der Waals surface area contributed by atoms with E-state index in [9.17, 15) is 5.11 Å². The Kier molecular flexibility index (Phi) is 2.64. The molecule has 0 aromatic carbocycles. The normalized spacial score (nSPS) is 51.5. The maximum atomic E-state index is 9.74. The van der Waals surface area contributed by atoms with Crippen molar-refractivity contribution in [2.24, 2.45) is 23.7 Å². The van der Waals surface area contributed by atoms with Crippen LogP contribution in [-0.4, -0.2) is 11.2 Å². The first-order valence-electron chi connectivity index (χ1n) is 5.86. The quantitative estimate of drug-likeness (QED) is 0.611. The standard InChI is InChI=1S/C12H22O/c1-8-4-3-5-11-9(2)6-10(13)7-12(8)11/h8-13H,3-7H2,1-2H3/t8-,9-,10?,11?,12?/m0/s1. The molecule has 0 bridgehead atoms. The van der Waals surface area contributed by atoms with Crippen LogP contribution in [0.15, 0.2) is 0 Å². The Morgan fingerprint density at radius 3 is 2.46 bits per heavy atom. The lowest BCUT2D eigenvalue weighted by molar-refractivity contribution is -0.00968. The van der Waals surface area contributed by atoms with E-state index in [1.54, 1.807) is 0 Å². The van der Waals surface area contributed by atoms with Gasteiger partial charge in [-0.05, 0) is 42.9 Å². The summed E-state index contributed by atoms with van der Waals surface area (Å²) in [5.41, 5.74) is 0. The van der Waals surface area contributed by atoms with Crippen LogP contribution >= 0.6 is 0 Å². The fraction of sp³-hybridized carbons (Fsp3) is 1.00. The molecule has 0 aromatic heterocycles. The van der Waals surface area contributed by atoms with Crippen molar-refractivity contribution in [1.29, 1.82) is 0 Å². The summed E-state index contributed by atoms with van der Waals surface area (Å²) in [6.45, 7) is 4.71. The Morgan fingerprint density at radius 2 is 1.69 bits per heavy atom. The van der Waals surface area contributed by atoms with Crippen LogP contribution < -0.4 is 0 Å². The second-order valence-corrected chi connectivity index (χ2v) is 5.34. The summed E-state index contributed by atoms with van der Waals surface area (Å²) >= 11 is 0. The minimum Gasteiger partial charge on any atom is -0.393 e. The summed E-state index contributed by atoms with van der Waals surface area (Å²) in [6.07, 6.45) is 6.35. The van der Waals surface area contributed by atoms with Gasteiger partial charge in [0.1, 0.15) is 0 Å². The van der Waals surface area contributed by atoms with E-state index >= 15 is 0 Å². The maximum Gasteiger partial charge on any atom is 0.0545 e. The van der Waals surface area contributed by atoms with Crippen molar-refractivity contribution in [3.05, 3.63) is 0 Å². The van der Waals surface area contributed by atoms with Gasteiger partial charge in [0, 0.05) is 0 Å². The molecule has 3 unspecified atom stereocenters. The number of rotatable bonds is 0. The SMILES string of the molecule is C[C@H]1CCCC2C1CC(O)C[C@@H]2C. The van der Waals surface area contributed by atoms with E-state index in [0.717, 1.165) is 36.5 Å². The van der Waals surface area contributed by atoms with Gasteiger partial charge in [0.25, 0.3) is 0 Å². The highest BCUT2D eigenvalue weighted by atomic mass is 16.3. The topological polar surface area (TPSA) is 20.2 Å². The van der Waals surface area contributed by atoms with Gasteiger partial charge in [-0.1, -0.05) is 26.7 Å². The minimum absolute atomic E-state index is 0.00296. The Morgan fingerprint density at radius 1 is 0.923 bits per heavy atom. The molecule has 0 heterocycles. The Labute approximate surface area is 81.5 Å². The highest BCUT2D eigenvalue weighted by Crippen LogP contribution is 2.46. The first-order chi connectivity index (χ1) is 6.18. The highest BCUT2D eigenvalue weighted by molar-refractivity contribution is 4.89. The molecule has 0 saturated heterocycles. The second kappa shape index (κ2) is 3.61. The third kappa shape index (κ3) is 1.76. The monoisotopic (exact) mass is 182 g/mol. The van der Waals surface area contributed by atoms with Crippen LogP contribution in [0.5, 0.6) is 0 Å². The molecule has 0 spiro atoms. The van der Waals surface area contributed by atoms with E-state index in [1.807, 2.05) is 0 Å². The molecule has 2 saturated carbocycles. The van der Waals surface area contributed by atoms with Crippen LogP contribution in [0, 0.1) is 23.7 Å². The van der Waals surface area contributed by atoms with Crippen molar-refractivity contribution in [1.82, 2.24) is 0 Å². The van der Waals surface area contributed by atoms with E-state index in [0.29, 0.717) is 0 Å². The van der Waals surface area contributed by atoms with Crippen molar-refractivity contribution in [3.63, 3.8) is 0 Å². The van der Waals surface area contributed by atoms with E-state index < -0.39 is 0 Å². The predicted octanol–water partition coefficient (Wildman–Crippen LogP) is 2.83. The fourth-order valence-electron chi connectivity index (χ4n) is 3.65. The number of hydrogen-bond donors (Lipinski definition) is 1. The summed E-state index contributed by atoms with van der Waals surface area (Å²) in [4.78, 5) is 0. The average molecular weight is 182 g/mol. The number of aliphatic hydroxyl groups excluding tert-OH is 1.